The summed E-state index contributed by atoms with van der Waals surface area (Å²) in [5, 5.41) is 3.84. The van der Waals surface area contributed by atoms with E-state index in [1.54, 1.807) is 11.8 Å². The summed E-state index contributed by atoms with van der Waals surface area (Å²) >= 11 is 0. The van der Waals surface area contributed by atoms with Crippen molar-refractivity contribution in [3.05, 3.63) is 17.0 Å². The molecule has 8 heteroatoms. The van der Waals surface area contributed by atoms with Gasteiger partial charge in [-0.2, -0.15) is 0 Å². The van der Waals surface area contributed by atoms with Crippen LogP contribution in [-0.2, 0) is 21.2 Å². The molecule has 1 aromatic rings. The van der Waals surface area contributed by atoms with E-state index in [9.17, 15) is 13.2 Å². The molecule has 21 heavy (non-hydrogen) atoms. The van der Waals surface area contributed by atoms with Gasteiger partial charge in [0.15, 0.2) is 0 Å². The topological polar surface area (TPSA) is 92.5 Å². The second kappa shape index (κ2) is 6.15. The Balaban J connectivity index is 1.89. The smallest absolute Gasteiger partial charge is 0.227 e. The number of hydrogen-bond donors (Lipinski definition) is 1. The average Bonchev–Trinajstić information content (AvgIpc) is 2.69. The molecule has 0 unspecified atom stereocenters. The molecular formula is C13H21N3O4S. The zero-order valence-electron chi connectivity index (χ0n) is 12.5. The van der Waals surface area contributed by atoms with E-state index in [0.29, 0.717) is 31.7 Å². The van der Waals surface area contributed by atoms with Gasteiger partial charge in [0.1, 0.15) is 5.76 Å². The van der Waals surface area contributed by atoms with Gasteiger partial charge in [-0.1, -0.05) is 5.16 Å². The van der Waals surface area contributed by atoms with Gasteiger partial charge in [-0.05, 0) is 26.7 Å². The molecule has 7 nitrogen and oxygen atoms in total. The molecule has 0 aromatic carbocycles. The molecule has 1 aliphatic rings. The Hall–Kier alpha value is -1.41. The number of aromatic nitrogens is 1. The number of carbonyl (C=O) groups is 1. The average molecular weight is 315 g/mol. The summed E-state index contributed by atoms with van der Waals surface area (Å²) in [4.78, 5) is 14.0. The van der Waals surface area contributed by atoms with Crippen LogP contribution in [0.1, 0.15) is 29.9 Å². The first-order valence-electron chi connectivity index (χ1n) is 6.93. The Bertz CT molecular complexity index is 596. The van der Waals surface area contributed by atoms with Crippen LogP contribution < -0.4 is 4.72 Å². The number of rotatable bonds is 4. The predicted octanol–water partition coefficient (Wildman–Crippen LogP) is 0.374. The van der Waals surface area contributed by atoms with Crippen LogP contribution in [0, 0.1) is 13.8 Å². The second-order valence-electron chi connectivity index (χ2n) is 5.52. The summed E-state index contributed by atoms with van der Waals surface area (Å²) in [6.45, 7) is 4.75. The van der Waals surface area contributed by atoms with Gasteiger partial charge in [0.05, 0.1) is 18.4 Å². The largest absolute Gasteiger partial charge is 0.361 e. The summed E-state index contributed by atoms with van der Waals surface area (Å²) < 4.78 is 30.0. The van der Waals surface area contributed by atoms with Crippen molar-refractivity contribution < 1.29 is 17.7 Å². The molecule has 118 valence electrons. The molecule has 1 aromatic heterocycles. The highest BCUT2D eigenvalue weighted by molar-refractivity contribution is 7.88. The number of likely N-dealkylation sites (tertiary alicyclic amines) is 1. The Morgan fingerprint density at radius 3 is 2.48 bits per heavy atom. The number of nitrogens with one attached hydrogen (secondary N) is 1. The maximum atomic E-state index is 12.3. The molecule has 0 atom stereocenters. The number of hydrogen-bond acceptors (Lipinski definition) is 5. The number of carbonyl (C=O) groups excluding carboxylic acids is 1. The number of nitrogens with zero attached hydrogens (tertiary/aromatic N) is 2. The molecule has 0 spiro atoms. The van der Waals surface area contributed by atoms with E-state index in [1.165, 1.54) is 0 Å². The SMILES string of the molecule is Cc1noc(C)c1CC(=O)N1CCC(NS(C)(=O)=O)CC1. The molecule has 2 heterocycles. The lowest BCUT2D eigenvalue weighted by Gasteiger charge is -2.32. The van der Waals surface area contributed by atoms with E-state index in [-0.39, 0.29) is 18.4 Å². The van der Waals surface area contributed by atoms with Crippen molar-refractivity contribution in [2.75, 3.05) is 19.3 Å². The summed E-state index contributed by atoms with van der Waals surface area (Å²) in [6, 6.07) is -0.0804. The molecule has 1 fully saturated rings. The molecule has 1 N–H and O–H groups in total. The quantitative estimate of drug-likeness (QED) is 0.867. The van der Waals surface area contributed by atoms with Crippen LogP contribution in [0.15, 0.2) is 4.52 Å². The van der Waals surface area contributed by atoms with Gasteiger partial charge < -0.3 is 9.42 Å². The van der Waals surface area contributed by atoms with Crippen LogP contribution in [0.2, 0.25) is 0 Å². The lowest BCUT2D eigenvalue weighted by atomic mass is 10.0. The van der Waals surface area contributed by atoms with Crippen molar-refractivity contribution in [2.45, 2.75) is 39.2 Å². The minimum absolute atomic E-state index is 0.0298. The third kappa shape index (κ3) is 4.28. The Labute approximate surface area is 124 Å². The molecule has 0 bridgehead atoms. The van der Waals surface area contributed by atoms with Crippen LogP contribution in [-0.4, -0.2) is 49.8 Å². The minimum Gasteiger partial charge on any atom is -0.361 e. The van der Waals surface area contributed by atoms with Gasteiger partial charge >= 0.3 is 0 Å². The molecule has 1 amide bonds. The highest BCUT2D eigenvalue weighted by Crippen LogP contribution is 2.17. The monoisotopic (exact) mass is 315 g/mol. The molecular weight excluding hydrogens is 294 g/mol. The van der Waals surface area contributed by atoms with Crippen LogP contribution in [0.4, 0.5) is 0 Å². The molecule has 0 aliphatic carbocycles. The van der Waals surface area contributed by atoms with E-state index < -0.39 is 10.0 Å². The molecule has 0 radical (unpaired) electrons. The van der Waals surface area contributed by atoms with Crippen LogP contribution in [0.25, 0.3) is 0 Å². The van der Waals surface area contributed by atoms with Crippen LogP contribution in [0.3, 0.4) is 0 Å². The number of aryl methyl sites for hydroxylation is 2. The van der Waals surface area contributed by atoms with E-state index in [4.69, 9.17) is 4.52 Å². The van der Waals surface area contributed by atoms with Crippen molar-refractivity contribution in [3.63, 3.8) is 0 Å². The van der Waals surface area contributed by atoms with Gasteiger partial charge in [0.2, 0.25) is 15.9 Å². The Morgan fingerprint density at radius 2 is 2.00 bits per heavy atom. The van der Waals surface area contributed by atoms with Gasteiger partial charge in [0, 0.05) is 24.7 Å². The summed E-state index contributed by atoms with van der Waals surface area (Å²) in [6.07, 6.45) is 2.72. The molecule has 0 saturated carbocycles. The standard InChI is InChI=1S/C13H21N3O4S/c1-9-12(10(2)20-14-9)8-13(17)16-6-4-11(5-7-16)15-21(3,18)19/h11,15H,4-8H2,1-3H3. The van der Waals surface area contributed by atoms with E-state index in [1.807, 2.05) is 6.92 Å². The number of sulfonamides is 1. The number of piperidine rings is 1. The summed E-state index contributed by atoms with van der Waals surface area (Å²) in [5.41, 5.74) is 1.59. The fraction of sp³-hybridized carbons (Fsp3) is 0.692. The lowest BCUT2D eigenvalue weighted by Crippen LogP contribution is -2.46. The summed E-state index contributed by atoms with van der Waals surface area (Å²) in [5.74, 6) is 0.705. The van der Waals surface area contributed by atoms with Crippen molar-refractivity contribution in [1.29, 1.82) is 0 Å². The predicted molar refractivity (Wildman–Crippen MR) is 77.3 cm³/mol. The van der Waals surface area contributed by atoms with E-state index in [2.05, 4.69) is 9.88 Å². The third-order valence-corrected chi connectivity index (χ3v) is 4.50. The first-order chi connectivity index (χ1) is 9.76. The van der Waals surface area contributed by atoms with Gasteiger partial charge in [0.25, 0.3) is 0 Å². The highest BCUT2D eigenvalue weighted by Gasteiger charge is 2.25. The van der Waals surface area contributed by atoms with Crippen LogP contribution >= 0.6 is 0 Å². The second-order valence-corrected chi connectivity index (χ2v) is 7.30. The zero-order valence-corrected chi connectivity index (χ0v) is 13.4. The Kier molecular flexibility index (Phi) is 4.67. The Morgan fingerprint density at radius 1 is 1.38 bits per heavy atom. The van der Waals surface area contributed by atoms with E-state index >= 15 is 0 Å². The fourth-order valence-electron chi connectivity index (χ4n) is 2.57. The lowest BCUT2D eigenvalue weighted by molar-refractivity contribution is -0.131. The van der Waals surface area contributed by atoms with Crippen molar-refractivity contribution >= 4 is 15.9 Å². The maximum absolute atomic E-state index is 12.3. The minimum atomic E-state index is -3.19. The first-order valence-corrected chi connectivity index (χ1v) is 8.82. The summed E-state index contributed by atoms with van der Waals surface area (Å²) in [7, 11) is -3.19. The third-order valence-electron chi connectivity index (χ3n) is 3.74. The van der Waals surface area contributed by atoms with Crippen molar-refractivity contribution in [1.82, 2.24) is 14.8 Å². The molecule has 1 aliphatic heterocycles. The fourth-order valence-corrected chi connectivity index (χ4v) is 3.41. The molecule has 2 rings (SSSR count). The highest BCUT2D eigenvalue weighted by atomic mass is 32.2. The normalized spacial score (nSPS) is 17.2. The first kappa shape index (κ1) is 16.0. The van der Waals surface area contributed by atoms with Crippen LogP contribution in [0.5, 0.6) is 0 Å². The van der Waals surface area contributed by atoms with Crippen molar-refractivity contribution in [3.8, 4) is 0 Å². The van der Waals surface area contributed by atoms with Gasteiger partial charge in [-0.25, -0.2) is 13.1 Å². The molecule has 1 saturated heterocycles. The number of amides is 1. The van der Waals surface area contributed by atoms with Gasteiger partial charge in [-0.3, -0.25) is 4.79 Å². The maximum Gasteiger partial charge on any atom is 0.227 e. The van der Waals surface area contributed by atoms with Gasteiger partial charge in [-0.15, -0.1) is 0 Å². The zero-order chi connectivity index (χ0) is 15.6. The van der Waals surface area contributed by atoms with E-state index in [0.717, 1.165) is 17.5 Å². The van der Waals surface area contributed by atoms with Crippen molar-refractivity contribution in [2.24, 2.45) is 0 Å².